The molecule has 4 aromatic rings. The van der Waals surface area contributed by atoms with Crippen molar-refractivity contribution in [2.75, 3.05) is 31.1 Å². The van der Waals surface area contributed by atoms with Gasteiger partial charge < -0.3 is 4.90 Å². The molecule has 3 aromatic heterocycles. The number of pyridine rings is 1. The van der Waals surface area contributed by atoms with E-state index >= 15 is 0 Å². The van der Waals surface area contributed by atoms with Crippen molar-refractivity contribution in [3.8, 4) is 17.3 Å². The highest BCUT2D eigenvalue weighted by atomic mass is 15.4. The number of nitrogens with zero attached hydrogens (tertiary/aromatic N) is 7. The average Bonchev–Trinajstić information content (AvgIpc) is 3.19. The molecule has 0 bridgehead atoms. The zero-order valence-corrected chi connectivity index (χ0v) is 16.5. The Morgan fingerprint density at radius 2 is 1.67 bits per heavy atom. The summed E-state index contributed by atoms with van der Waals surface area (Å²) < 4.78 is 1.78. The van der Waals surface area contributed by atoms with Crippen LogP contribution in [0.15, 0.2) is 67.1 Å². The molecule has 5 rings (SSSR count). The normalized spacial score (nSPS) is 14.7. The van der Waals surface area contributed by atoms with Crippen molar-refractivity contribution in [2.45, 2.75) is 6.54 Å². The van der Waals surface area contributed by atoms with Crippen molar-refractivity contribution in [3.05, 3.63) is 78.2 Å². The standard InChI is InChI=1S/C23H21N7/c24-16-20-22-26-11-8-21(19-6-9-25-10-7-19)30(22)27-23(20)29-14-12-28(13-15-29)17-18-4-2-1-3-5-18/h1-11H,12-15,17H2. The Morgan fingerprint density at radius 1 is 0.900 bits per heavy atom. The highest BCUT2D eigenvalue weighted by Crippen LogP contribution is 2.27. The highest BCUT2D eigenvalue weighted by Gasteiger charge is 2.25. The van der Waals surface area contributed by atoms with Crippen molar-refractivity contribution in [1.29, 1.82) is 5.26 Å². The molecule has 148 valence electrons. The number of hydrogen-bond donors (Lipinski definition) is 0. The molecule has 7 nitrogen and oxygen atoms in total. The molecule has 0 amide bonds. The van der Waals surface area contributed by atoms with Crippen LogP contribution in [0.5, 0.6) is 0 Å². The van der Waals surface area contributed by atoms with Gasteiger partial charge in [0.05, 0.1) is 5.69 Å². The third-order valence-electron chi connectivity index (χ3n) is 5.51. The van der Waals surface area contributed by atoms with E-state index in [4.69, 9.17) is 5.10 Å². The summed E-state index contributed by atoms with van der Waals surface area (Å²) in [5, 5.41) is 14.7. The Labute approximate surface area is 174 Å². The quantitative estimate of drug-likeness (QED) is 0.529. The van der Waals surface area contributed by atoms with Crippen molar-refractivity contribution >= 4 is 11.5 Å². The first-order chi connectivity index (χ1) is 14.8. The lowest BCUT2D eigenvalue weighted by Gasteiger charge is -2.34. The minimum Gasteiger partial charge on any atom is -0.351 e. The van der Waals surface area contributed by atoms with Crippen LogP contribution in [0.2, 0.25) is 0 Å². The van der Waals surface area contributed by atoms with Gasteiger partial charge in [0.2, 0.25) is 0 Å². The van der Waals surface area contributed by atoms with Crippen LogP contribution in [0.3, 0.4) is 0 Å². The zero-order valence-electron chi connectivity index (χ0n) is 16.5. The van der Waals surface area contributed by atoms with Gasteiger partial charge in [-0.3, -0.25) is 9.88 Å². The van der Waals surface area contributed by atoms with Gasteiger partial charge in [0.15, 0.2) is 11.5 Å². The van der Waals surface area contributed by atoms with Gasteiger partial charge in [-0.25, -0.2) is 9.50 Å². The molecule has 0 N–H and O–H groups in total. The van der Waals surface area contributed by atoms with E-state index in [1.54, 1.807) is 23.1 Å². The SMILES string of the molecule is N#Cc1c(N2CCN(Cc3ccccc3)CC2)nn2c(-c3ccncc3)ccnc12. The van der Waals surface area contributed by atoms with Crippen LogP contribution in [0.25, 0.3) is 16.9 Å². The maximum Gasteiger partial charge on any atom is 0.175 e. The second-order valence-corrected chi connectivity index (χ2v) is 7.36. The molecule has 0 aliphatic carbocycles. The van der Waals surface area contributed by atoms with Gasteiger partial charge in [-0.15, -0.1) is 5.10 Å². The van der Waals surface area contributed by atoms with Crippen LogP contribution in [-0.4, -0.2) is 50.7 Å². The first-order valence-electron chi connectivity index (χ1n) is 10.0. The number of anilines is 1. The van der Waals surface area contributed by atoms with Crippen LogP contribution < -0.4 is 4.90 Å². The third-order valence-corrected chi connectivity index (χ3v) is 5.51. The number of aromatic nitrogens is 4. The summed E-state index contributed by atoms with van der Waals surface area (Å²) in [5.41, 5.74) is 4.33. The van der Waals surface area contributed by atoms with Crippen LogP contribution in [-0.2, 0) is 6.54 Å². The number of rotatable bonds is 4. The first-order valence-corrected chi connectivity index (χ1v) is 10.0. The van der Waals surface area contributed by atoms with E-state index < -0.39 is 0 Å². The van der Waals surface area contributed by atoms with Crippen LogP contribution in [0.4, 0.5) is 5.82 Å². The predicted octanol–water partition coefficient (Wildman–Crippen LogP) is 2.99. The van der Waals surface area contributed by atoms with Crippen LogP contribution in [0.1, 0.15) is 11.1 Å². The monoisotopic (exact) mass is 395 g/mol. The summed E-state index contributed by atoms with van der Waals surface area (Å²) in [6.45, 7) is 4.46. The second kappa shape index (κ2) is 7.93. The Kier molecular flexibility index (Phi) is 4.83. The predicted molar refractivity (Wildman–Crippen MR) is 115 cm³/mol. The van der Waals surface area contributed by atoms with E-state index in [0.717, 1.165) is 44.0 Å². The van der Waals surface area contributed by atoms with E-state index in [-0.39, 0.29) is 0 Å². The van der Waals surface area contributed by atoms with Crippen LogP contribution in [0, 0.1) is 11.3 Å². The molecule has 1 fully saturated rings. The molecule has 1 aliphatic rings. The largest absolute Gasteiger partial charge is 0.351 e. The van der Waals surface area contributed by atoms with Gasteiger partial charge in [0.1, 0.15) is 11.6 Å². The van der Waals surface area contributed by atoms with E-state index in [2.05, 4.69) is 50.1 Å². The molecule has 1 aromatic carbocycles. The second-order valence-electron chi connectivity index (χ2n) is 7.36. The fraction of sp³-hybridized carbons (Fsp3) is 0.217. The molecule has 0 saturated carbocycles. The minimum absolute atomic E-state index is 0.530. The number of piperazine rings is 1. The molecule has 0 radical (unpaired) electrons. The lowest BCUT2D eigenvalue weighted by molar-refractivity contribution is 0.249. The number of nitriles is 1. The lowest BCUT2D eigenvalue weighted by Crippen LogP contribution is -2.46. The smallest absolute Gasteiger partial charge is 0.175 e. The van der Waals surface area contributed by atoms with E-state index in [0.29, 0.717) is 17.0 Å². The molecule has 30 heavy (non-hydrogen) atoms. The van der Waals surface area contributed by atoms with Gasteiger partial charge in [0, 0.05) is 56.9 Å². The van der Waals surface area contributed by atoms with E-state index in [9.17, 15) is 5.26 Å². The molecule has 0 atom stereocenters. The molecular formula is C23H21N7. The zero-order chi connectivity index (χ0) is 20.3. The molecular weight excluding hydrogens is 374 g/mol. The van der Waals surface area contributed by atoms with Crippen molar-refractivity contribution in [3.63, 3.8) is 0 Å². The average molecular weight is 395 g/mol. The fourth-order valence-electron chi connectivity index (χ4n) is 3.96. The van der Waals surface area contributed by atoms with E-state index in [1.165, 1.54) is 5.56 Å². The summed E-state index contributed by atoms with van der Waals surface area (Å²) in [4.78, 5) is 13.2. The summed E-state index contributed by atoms with van der Waals surface area (Å²) >= 11 is 0. The van der Waals surface area contributed by atoms with Crippen molar-refractivity contribution in [2.24, 2.45) is 0 Å². The molecule has 0 unspecified atom stereocenters. The maximum absolute atomic E-state index is 9.85. The van der Waals surface area contributed by atoms with Gasteiger partial charge in [-0.2, -0.15) is 5.26 Å². The van der Waals surface area contributed by atoms with Gasteiger partial charge >= 0.3 is 0 Å². The minimum atomic E-state index is 0.530. The number of hydrogen-bond acceptors (Lipinski definition) is 6. The number of benzene rings is 1. The van der Waals surface area contributed by atoms with Crippen molar-refractivity contribution < 1.29 is 0 Å². The van der Waals surface area contributed by atoms with Crippen molar-refractivity contribution in [1.82, 2.24) is 24.5 Å². The molecule has 1 saturated heterocycles. The van der Waals surface area contributed by atoms with Crippen LogP contribution >= 0.6 is 0 Å². The number of fused-ring (bicyclic) bond motifs is 1. The molecule has 7 heteroatoms. The van der Waals surface area contributed by atoms with Gasteiger partial charge in [0.25, 0.3) is 0 Å². The molecule has 4 heterocycles. The Hall–Kier alpha value is -3.76. The first kappa shape index (κ1) is 18.3. The fourth-order valence-corrected chi connectivity index (χ4v) is 3.96. The summed E-state index contributed by atoms with van der Waals surface area (Å²) in [6, 6.07) is 18.6. The summed E-state index contributed by atoms with van der Waals surface area (Å²) in [7, 11) is 0. The Morgan fingerprint density at radius 3 is 2.40 bits per heavy atom. The van der Waals surface area contributed by atoms with E-state index in [1.807, 2.05) is 24.3 Å². The van der Waals surface area contributed by atoms with Gasteiger partial charge in [-0.1, -0.05) is 30.3 Å². The van der Waals surface area contributed by atoms with Gasteiger partial charge in [-0.05, 0) is 23.8 Å². The summed E-state index contributed by atoms with van der Waals surface area (Å²) in [5.74, 6) is 0.714. The summed E-state index contributed by atoms with van der Waals surface area (Å²) in [6.07, 6.45) is 5.24. The highest BCUT2D eigenvalue weighted by molar-refractivity contribution is 5.72. The lowest BCUT2D eigenvalue weighted by atomic mass is 10.2. The maximum atomic E-state index is 9.85. The topological polar surface area (TPSA) is 73.4 Å². The molecule has 1 aliphatic heterocycles. The Bertz CT molecular complexity index is 1190. The molecule has 0 spiro atoms. The Balaban J connectivity index is 1.42. The third kappa shape index (κ3) is 3.38.